The molecule has 1 aliphatic carbocycles. The highest BCUT2D eigenvalue weighted by Crippen LogP contribution is 2.30. The van der Waals surface area contributed by atoms with Crippen molar-refractivity contribution in [2.24, 2.45) is 5.92 Å². The summed E-state index contributed by atoms with van der Waals surface area (Å²) in [5.41, 5.74) is 1.39. The number of aryl methyl sites for hydroxylation is 2. The second-order valence-electron chi connectivity index (χ2n) is 7.17. The van der Waals surface area contributed by atoms with E-state index < -0.39 is 5.97 Å². The molecule has 5 heteroatoms. The first kappa shape index (κ1) is 17.5. The summed E-state index contributed by atoms with van der Waals surface area (Å²) in [6, 6.07) is 2.13. The molecule has 1 atom stereocenters. The Morgan fingerprint density at radius 3 is 2.75 bits per heavy atom. The first-order chi connectivity index (χ1) is 11.6. The average Bonchev–Trinajstić information content (AvgIpc) is 2.94. The fourth-order valence-corrected chi connectivity index (χ4v) is 5.14. The monoisotopic (exact) mass is 349 g/mol. The van der Waals surface area contributed by atoms with Gasteiger partial charge in [-0.2, -0.15) is 0 Å². The predicted molar refractivity (Wildman–Crippen MR) is 95.7 cm³/mol. The number of piperidine rings is 1. The van der Waals surface area contributed by atoms with Crippen molar-refractivity contribution in [3.05, 3.63) is 21.4 Å². The van der Waals surface area contributed by atoms with Crippen molar-refractivity contribution in [3.8, 4) is 0 Å². The van der Waals surface area contributed by atoms with E-state index >= 15 is 0 Å². The Hall–Kier alpha value is -1.36. The first-order valence-electron chi connectivity index (χ1n) is 9.26. The van der Waals surface area contributed by atoms with Gasteiger partial charge in [-0.25, -0.2) is 0 Å². The zero-order valence-electron chi connectivity index (χ0n) is 14.3. The van der Waals surface area contributed by atoms with Gasteiger partial charge < -0.3 is 10.0 Å². The fraction of sp³-hybridized carbons (Fsp3) is 0.684. The number of nitrogens with zero attached hydrogens (tertiary/aromatic N) is 1. The zero-order chi connectivity index (χ0) is 16.9. The molecule has 0 radical (unpaired) electrons. The summed E-state index contributed by atoms with van der Waals surface area (Å²) < 4.78 is 0. The molecule has 0 saturated carbocycles. The SMILES string of the molecule is O=C(O)CCC1CCCN(C(=O)c2cc3c(s2)CCCCCC3)C1. The molecule has 24 heavy (non-hydrogen) atoms. The minimum atomic E-state index is -0.739. The Labute approximate surface area is 147 Å². The average molecular weight is 349 g/mol. The number of hydrogen-bond acceptors (Lipinski definition) is 3. The number of likely N-dealkylation sites (tertiary alicyclic amines) is 1. The molecule has 0 bridgehead atoms. The van der Waals surface area contributed by atoms with Gasteiger partial charge in [0.2, 0.25) is 0 Å². The number of fused-ring (bicyclic) bond motifs is 1. The second-order valence-corrected chi connectivity index (χ2v) is 8.30. The van der Waals surface area contributed by atoms with Crippen LogP contribution in [-0.2, 0) is 17.6 Å². The van der Waals surface area contributed by atoms with Crippen LogP contribution in [0.3, 0.4) is 0 Å². The summed E-state index contributed by atoms with van der Waals surface area (Å²) in [5.74, 6) is -0.247. The van der Waals surface area contributed by atoms with Crippen molar-refractivity contribution in [2.75, 3.05) is 13.1 Å². The Morgan fingerprint density at radius 2 is 1.96 bits per heavy atom. The van der Waals surface area contributed by atoms with Gasteiger partial charge in [-0.05, 0) is 62.5 Å². The molecule has 2 aliphatic rings. The molecule has 1 aliphatic heterocycles. The van der Waals surface area contributed by atoms with Crippen LogP contribution in [0.2, 0.25) is 0 Å². The second kappa shape index (κ2) is 8.15. The molecule has 1 N–H and O–H groups in total. The lowest BCUT2D eigenvalue weighted by molar-refractivity contribution is -0.137. The van der Waals surface area contributed by atoms with Gasteiger partial charge in [0.25, 0.3) is 5.91 Å². The van der Waals surface area contributed by atoms with Crippen LogP contribution in [0.25, 0.3) is 0 Å². The lowest BCUT2D eigenvalue weighted by atomic mass is 9.93. The van der Waals surface area contributed by atoms with Crippen LogP contribution in [0.4, 0.5) is 0 Å². The largest absolute Gasteiger partial charge is 0.481 e. The third-order valence-corrected chi connectivity index (χ3v) is 6.51. The number of carboxylic acids is 1. The van der Waals surface area contributed by atoms with E-state index in [1.54, 1.807) is 11.3 Å². The number of amides is 1. The molecule has 1 amide bonds. The molecule has 2 heterocycles. The van der Waals surface area contributed by atoms with Crippen molar-refractivity contribution in [1.29, 1.82) is 0 Å². The van der Waals surface area contributed by atoms with Crippen LogP contribution < -0.4 is 0 Å². The molecular weight excluding hydrogens is 322 g/mol. The minimum absolute atomic E-state index is 0.159. The van der Waals surface area contributed by atoms with E-state index in [2.05, 4.69) is 6.07 Å². The molecule has 1 aromatic rings. The quantitative estimate of drug-likeness (QED) is 0.889. The number of carbonyl (C=O) groups is 2. The predicted octanol–water partition coefficient (Wildman–Crippen LogP) is 4.12. The van der Waals surface area contributed by atoms with E-state index in [1.165, 1.54) is 36.1 Å². The van der Waals surface area contributed by atoms with E-state index in [0.717, 1.165) is 37.1 Å². The van der Waals surface area contributed by atoms with Crippen molar-refractivity contribution >= 4 is 23.2 Å². The molecule has 1 fully saturated rings. The van der Waals surface area contributed by atoms with Gasteiger partial charge in [0.15, 0.2) is 0 Å². The van der Waals surface area contributed by atoms with Gasteiger partial charge in [-0.3, -0.25) is 9.59 Å². The van der Waals surface area contributed by atoms with Gasteiger partial charge >= 0.3 is 5.97 Å². The summed E-state index contributed by atoms with van der Waals surface area (Å²) in [7, 11) is 0. The molecule has 132 valence electrons. The maximum absolute atomic E-state index is 12.9. The number of hydrogen-bond donors (Lipinski definition) is 1. The van der Waals surface area contributed by atoms with Crippen LogP contribution in [0, 0.1) is 5.92 Å². The third-order valence-electron chi connectivity index (χ3n) is 5.28. The molecular formula is C19H27NO3S. The summed E-state index contributed by atoms with van der Waals surface area (Å²) in [4.78, 5) is 27.9. The molecule has 0 aromatic carbocycles. The molecule has 1 saturated heterocycles. The van der Waals surface area contributed by atoms with Gasteiger partial charge in [-0.15, -0.1) is 11.3 Å². The molecule has 3 rings (SSSR count). The Morgan fingerprint density at radius 1 is 1.17 bits per heavy atom. The highest BCUT2D eigenvalue weighted by molar-refractivity contribution is 7.14. The maximum atomic E-state index is 12.9. The van der Waals surface area contributed by atoms with Crippen molar-refractivity contribution in [3.63, 3.8) is 0 Å². The highest BCUT2D eigenvalue weighted by Gasteiger charge is 2.26. The molecule has 1 aromatic heterocycles. The summed E-state index contributed by atoms with van der Waals surface area (Å²) >= 11 is 1.69. The van der Waals surface area contributed by atoms with Gasteiger partial charge in [0, 0.05) is 24.4 Å². The van der Waals surface area contributed by atoms with E-state index in [9.17, 15) is 9.59 Å². The van der Waals surface area contributed by atoms with E-state index in [4.69, 9.17) is 5.11 Å². The van der Waals surface area contributed by atoms with Crippen LogP contribution in [0.15, 0.2) is 6.07 Å². The van der Waals surface area contributed by atoms with Crippen LogP contribution in [0.1, 0.15) is 71.5 Å². The van der Waals surface area contributed by atoms with Crippen LogP contribution >= 0.6 is 11.3 Å². The van der Waals surface area contributed by atoms with Gasteiger partial charge in [0.05, 0.1) is 4.88 Å². The Balaban J connectivity index is 1.65. The van der Waals surface area contributed by atoms with Crippen molar-refractivity contribution in [2.45, 2.75) is 64.2 Å². The number of rotatable bonds is 4. The number of carbonyl (C=O) groups excluding carboxylic acids is 1. The molecule has 1 unspecified atom stereocenters. The van der Waals surface area contributed by atoms with E-state index in [0.29, 0.717) is 18.9 Å². The fourth-order valence-electron chi connectivity index (χ4n) is 3.92. The van der Waals surface area contributed by atoms with Crippen LogP contribution in [-0.4, -0.2) is 35.0 Å². The van der Waals surface area contributed by atoms with Gasteiger partial charge in [0.1, 0.15) is 0 Å². The standard InChI is InChI=1S/C19H27NO3S/c21-18(22)10-9-14-6-5-11-20(13-14)19(23)17-12-15-7-3-1-2-4-8-16(15)24-17/h12,14H,1-11,13H2,(H,21,22). The Bertz CT molecular complexity index is 570. The number of carboxylic acid groups (broad SMARTS) is 1. The molecule has 4 nitrogen and oxygen atoms in total. The highest BCUT2D eigenvalue weighted by atomic mass is 32.1. The minimum Gasteiger partial charge on any atom is -0.481 e. The summed E-state index contributed by atoms with van der Waals surface area (Å²) in [5, 5.41) is 8.86. The normalized spacial score (nSPS) is 21.7. The van der Waals surface area contributed by atoms with Crippen molar-refractivity contribution < 1.29 is 14.7 Å². The van der Waals surface area contributed by atoms with Crippen LogP contribution in [0.5, 0.6) is 0 Å². The topological polar surface area (TPSA) is 57.6 Å². The maximum Gasteiger partial charge on any atom is 0.303 e. The zero-order valence-corrected chi connectivity index (χ0v) is 15.1. The van der Waals surface area contributed by atoms with E-state index in [-0.39, 0.29) is 12.3 Å². The first-order valence-corrected chi connectivity index (χ1v) is 10.1. The smallest absolute Gasteiger partial charge is 0.303 e. The lowest BCUT2D eigenvalue weighted by Crippen LogP contribution is -2.39. The van der Waals surface area contributed by atoms with Crippen molar-refractivity contribution in [1.82, 2.24) is 4.90 Å². The summed E-state index contributed by atoms with van der Waals surface area (Å²) in [6.07, 6.45) is 10.2. The number of aliphatic carboxylic acids is 1. The third kappa shape index (κ3) is 4.38. The van der Waals surface area contributed by atoms with Gasteiger partial charge in [-0.1, -0.05) is 12.8 Å². The molecule has 0 spiro atoms. The lowest BCUT2D eigenvalue weighted by Gasteiger charge is -2.32. The Kier molecular flexibility index (Phi) is 5.93. The van der Waals surface area contributed by atoms with E-state index in [1.807, 2.05) is 4.90 Å². The number of thiophene rings is 1. The summed E-state index contributed by atoms with van der Waals surface area (Å²) in [6.45, 7) is 1.53.